The molecular weight excluding hydrogens is 290 g/mol. The maximum atomic E-state index is 5.26. The van der Waals surface area contributed by atoms with E-state index in [4.69, 9.17) is 4.74 Å². The summed E-state index contributed by atoms with van der Waals surface area (Å²) in [6, 6.07) is 6.78. The second-order valence-corrected chi connectivity index (χ2v) is 5.82. The van der Waals surface area contributed by atoms with Crippen molar-refractivity contribution in [2.24, 2.45) is 5.92 Å². The number of rotatable bonds is 5. The molecule has 1 aromatic rings. The minimum Gasteiger partial charge on any atom is -0.497 e. The molecule has 0 radical (unpaired) electrons. The van der Waals surface area contributed by atoms with Crippen molar-refractivity contribution in [3.8, 4) is 5.75 Å². The molecule has 1 aliphatic rings. The van der Waals surface area contributed by atoms with Crippen molar-refractivity contribution in [2.75, 3.05) is 13.7 Å². The van der Waals surface area contributed by atoms with E-state index in [1.807, 2.05) is 0 Å². The van der Waals surface area contributed by atoms with Crippen LogP contribution in [0.1, 0.15) is 44.2 Å². The Balaban J connectivity index is 2.23. The Morgan fingerprint density at radius 2 is 2.11 bits per heavy atom. The third-order valence-corrected chi connectivity index (χ3v) is 4.52. The van der Waals surface area contributed by atoms with Crippen LogP contribution in [0.15, 0.2) is 22.7 Å². The molecule has 1 aliphatic carbocycles. The van der Waals surface area contributed by atoms with Gasteiger partial charge in [-0.1, -0.05) is 41.8 Å². The van der Waals surface area contributed by atoms with Crippen LogP contribution in [0.4, 0.5) is 0 Å². The maximum Gasteiger partial charge on any atom is 0.120 e. The smallest absolute Gasteiger partial charge is 0.120 e. The second-order valence-electron chi connectivity index (χ2n) is 4.97. The zero-order valence-electron chi connectivity index (χ0n) is 11.2. The van der Waals surface area contributed by atoms with E-state index in [0.717, 1.165) is 22.7 Å². The van der Waals surface area contributed by atoms with E-state index in [2.05, 4.69) is 46.4 Å². The van der Waals surface area contributed by atoms with Crippen molar-refractivity contribution in [1.82, 2.24) is 5.32 Å². The van der Waals surface area contributed by atoms with Crippen LogP contribution < -0.4 is 10.1 Å². The molecule has 1 fully saturated rings. The van der Waals surface area contributed by atoms with E-state index in [1.54, 1.807) is 7.11 Å². The zero-order chi connectivity index (χ0) is 13.0. The number of hydrogen-bond donors (Lipinski definition) is 1. The predicted molar refractivity (Wildman–Crippen MR) is 79.1 cm³/mol. The van der Waals surface area contributed by atoms with Crippen LogP contribution in [-0.2, 0) is 0 Å². The monoisotopic (exact) mass is 311 g/mol. The molecule has 0 bridgehead atoms. The van der Waals surface area contributed by atoms with Crippen molar-refractivity contribution in [3.63, 3.8) is 0 Å². The summed E-state index contributed by atoms with van der Waals surface area (Å²) < 4.78 is 6.42. The van der Waals surface area contributed by atoms with E-state index < -0.39 is 0 Å². The van der Waals surface area contributed by atoms with Gasteiger partial charge in [-0.2, -0.15) is 0 Å². The molecular formula is C15H22BrNO. The lowest BCUT2D eigenvalue weighted by atomic mass is 9.91. The van der Waals surface area contributed by atoms with Gasteiger partial charge in [0.15, 0.2) is 0 Å². The van der Waals surface area contributed by atoms with Crippen molar-refractivity contribution in [3.05, 3.63) is 28.2 Å². The molecule has 100 valence electrons. The standard InChI is InChI=1S/C15H22BrNO/c1-3-17-15(11-6-4-5-7-11)13-9-8-12(18-2)10-14(13)16/h8-11,15,17H,3-7H2,1-2H3. The molecule has 1 saturated carbocycles. The highest BCUT2D eigenvalue weighted by molar-refractivity contribution is 9.10. The number of hydrogen-bond acceptors (Lipinski definition) is 2. The second kappa shape index (κ2) is 6.58. The summed E-state index contributed by atoms with van der Waals surface area (Å²) in [4.78, 5) is 0. The van der Waals surface area contributed by atoms with Gasteiger partial charge in [0.25, 0.3) is 0 Å². The zero-order valence-corrected chi connectivity index (χ0v) is 12.8. The highest BCUT2D eigenvalue weighted by Gasteiger charge is 2.26. The lowest BCUT2D eigenvalue weighted by molar-refractivity contribution is 0.372. The van der Waals surface area contributed by atoms with Gasteiger partial charge in [-0.15, -0.1) is 0 Å². The van der Waals surface area contributed by atoms with Crippen LogP contribution in [0.5, 0.6) is 5.75 Å². The quantitative estimate of drug-likeness (QED) is 0.875. The Hall–Kier alpha value is -0.540. The van der Waals surface area contributed by atoms with Gasteiger partial charge >= 0.3 is 0 Å². The number of ether oxygens (including phenoxy) is 1. The topological polar surface area (TPSA) is 21.3 Å². The number of methoxy groups -OCH3 is 1. The molecule has 1 atom stereocenters. The van der Waals surface area contributed by atoms with E-state index in [1.165, 1.54) is 31.2 Å². The lowest BCUT2D eigenvalue weighted by Gasteiger charge is -2.26. The fourth-order valence-corrected chi connectivity index (χ4v) is 3.53. The minimum absolute atomic E-state index is 0.470. The van der Waals surface area contributed by atoms with Crippen LogP contribution >= 0.6 is 15.9 Å². The first-order valence-electron chi connectivity index (χ1n) is 6.83. The van der Waals surface area contributed by atoms with Gasteiger partial charge in [0, 0.05) is 10.5 Å². The highest BCUT2D eigenvalue weighted by Crippen LogP contribution is 2.39. The van der Waals surface area contributed by atoms with E-state index >= 15 is 0 Å². The van der Waals surface area contributed by atoms with Crippen LogP contribution in [0.2, 0.25) is 0 Å². The third-order valence-electron chi connectivity index (χ3n) is 3.84. The van der Waals surface area contributed by atoms with Gasteiger partial charge < -0.3 is 10.1 Å². The Bertz CT molecular complexity index is 388. The molecule has 0 amide bonds. The first-order chi connectivity index (χ1) is 8.76. The molecule has 1 aromatic carbocycles. The van der Waals surface area contributed by atoms with Gasteiger partial charge in [-0.25, -0.2) is 0 Å². The Labute approximate surface area is 118 Å². The molecule has 0 heterocycles. The van der Waals surface area contributed by atoms with E-state index in [9.17, 15) is 0 Å². The molecule has 0 spiro atoms. The fraction of sp³-hybridized carbons (Fsp3) is 0.600. The largest absolute Gasteiger partial charge is 0.497 e. The summed E-state index contributed by atoms with van der Waals surface area (Å²) in [5.41, 5.74) is 1.37. The maximum absolute atomic E-state index is 5.26. The molecule has 2 rings (SSSR count). The summed E-state index contributed by atoms with van der Waals surface area (Å²) in [5, 5.41) is 3.65. The van der Waals surface area contributed by atoms with Gasteiger partial charge in [-0.3, -0.25) is 0 Å². The average molecular weight is 312 g/mol. The van der Waals surface area contributed by atoms with Gasteiger partial charge in [0.05, 0.1) is 7.11 Å². The van der Waals surface area contributed by atoms with Crippen molar-refractivity contribution in [2.45, 2.75) is 38.6 Å². The third kappa shape index (κ3) is 3.07. The normalized spacial score (nSPS) is 17.9. The SMILES string of the molecule is CCNC(c1ccc(OC)cc1Br)C1CCCC1. The molecule has 0 aliphatic heterocycles. The Morgan fingerprint density at radius 3 is 2.67 bits per heavy atom. The van der Waals surface area contributed by atoms with Crippen LogP contribution in [0.3, 0.4) is 0 Å². The Kier molecular flexibility index (Phi) is 5.07. The molecule has 1 N–H and O–H groups in total. The van der Waals surface area contributed by atoms with Crippen LogP contribution in [0, 0.1) is 5.92 Å². The van der Waals surface area contributed by atoms with Crippen LogP contribution in [0.25, 0.3) is 0 Å². The van der Waals surface area contributed by atoms with Gasteiger partial charge in [-0.05, 0) is 43.0 Å². The van der Waals surface area contributed by atoms with Crippen molar-refractivity contribution < 1.29 is 4.74 Å². The summed E-state index contributed by atoms with van der Waals surface area (Å²) in [6.45, 7) is 3.19. The highest BCUT2D eigenvalue weighted by atomic mass is 79.9. The molecule has 0 saturated heterocycles. The number of nitrogens with one attached hydrogen (secondary N) is 1. The Morgan fingerprint density at radius 1 is 1.39 bits per heavy atom. The summed E-state index contributed by atoms with van der Waals surface area (Å²) in [7, 11) is 1.71. The number of benzene rings is 1. The van der Waals surface area contributed by atoms with Gasteiger partial charge in [0.2, 0.25) is 0 Å². The lowest BCUT2D eigenvalue weighted by Crippen LogP contribution is -2.27. The number of halogens is 1. The molecule has 2 nitrogen and oxygen atoms in total. The molecule has 18 heavy (non-hydrogen) atoms. The van der Waals surface area contributed by atoms with Crippen LogP contribution in [-0.4, -0.2) is 13.7 Å². The molecule has 3 heteroatoms. The first kappa shape index (κ1) is 13.9. The van der Waals surface area contributed by atoms with Gasteiger partial charge in [0.1, 0.15) is 5.75 Å². The van der Waals surface area contributed by atoms with Crippen molar-refractivity contribution >= 4 is 15.9 Å². The van der Waals surface area contributed by atoms with Crippen molar-refractivity contribution in [1.29, 1.82) is 0 Å². The summed E-state index contributed by atoms with van der Waals surface area (Å²) in [6.07, 6.45) is 5.44. The van der Waals surface area contributed by atoms with E-state index in [-0.39, 0.29) is 0 Å². The minimum atomic E-state index is 0.470. The molecule has 1 unspecified atom stereocenters. The van der Waals surface area contributed by atoms with E-state index in [0.29, 0.717) is 6.04 Å². The average Bonchev–Trinajstić information content (AvgIpc) is 2.90. The first-order valence-corrected chi connectivity index (χ1v) is 7.62. The fourth-order valence-electron chi connectivity index (χ4n) is 2.93. The molecule has 0 aromatic heterocycles. The summed E-state index contributed by atoms with van der Waals surface area (Å²) >= 11 is 3.69. The predicted octanol–water partition coefficient (Wildman–Crippen LogP) is 4.30. The summed E-state index contributed by atoms with van der Waals surface area (Å²) in [5.74, 6) is 1.68.